The maximum Gasteiger partial charge on any atom is 0.261 e. The molecule has 0 radical (unpaired) electrons. The monoisotopic (exact) mass is 481 g/mol. The molecule has 0 saturated heterocycles. The SMILES string of the molecule is CCc1nc2ccccc2c(=O)n1C.Cc1ccc(CCCc2nc3ccccc3c(=O)n2C)cn1. The summed E-state index contributed by atoms with van der Waals surface area (Å²) in [5, 5.41) is 1.36. The number of nitrogens with zero attached hydrogens (tertiary/aromatic N) is 5. The van der Waals surface area contributed by atoms with Gasteiger partial charge < -0.3 is 0 Å². The molecule has 7 nitrogen and oxygen atoms in total. The van der Waals surface area contributed by atoms with Crippen LogP contribution in [-0.4, -0.2) is 24.1 Å². The lowest BCUT2D eigenvalue weighted by molar-refractivity contribution is 0.692. The van der Waals surface area contributed by atoms with Crippen LogP contribution < -0.4 is 11.1 Å². The zero-order chi connectivity index (χ0) is 25.7. The molecule has 0 atom stereocenters. The van der Waals surface area contributed by atoms with E-state index in [4.69, 9.17) is 0 Å². The van der Waals surface area contributed by atoms with Crippen molar-refractivity contribution < 1.29 is 0 Å². The van der Waals surface area contributed by atoms with E-state index in [1.54, 1.807) is 23.2 Å². The highest BCUT2D eigenvalue weighted by molar-refractivity contribution is 5.78. The van der Waals surface area contributed by atoms with Gasteiger partial charge in [-0.05, 0) is 55.7 Å². The summed E-state index contributed by atoms with van der Waals surface area (Å²) in [7, 11) is 3.56. The quantitative estimate of drug-likeness (QED) is 0.374. The van der Waals surface area contributed by atoms with Crippen molar-refractivity contribution in [3.63, 3.8) is 0 Å². The number of aromatic nitrogens is 5. The summed E-state index contributed by atoms with van der Waals surface area (Å²) in [6, 6.07) is 19.1. The van der Waals surface area contributed by atoms with E-state index in [9.17, 15) is 9.59 Å². The highest BCUT2D eigenvalue weighted by atomic mass is 16.1. The minimum Gasteiger partial charge on any atom is -0.299 e. The third-order valence-electron chi connectivity index (χ3n) is 6.31. The van der Waals surface area contributed by atoms with Crippen molar-refractivity contribution >= 4 is 21.8 Å². The Morgan fingerprint density at radius 1 is 0.722 bits per heavy atom. The Labute approximate surface area is 210 Å². The Balaban J connectivity index is 0.000000187. The Morgan fingerprint density at radius 3 is 1.83 bits per heavy atom. The van der Waals surface area contributed by atoms with Crippen LogP contribution in [0, 0.1) is 6.92 Å². The van der Waals surface area contributed by atoms with E-state index in [1.807, 2.05) is 74.6 Å². The normalized spacial score (nSPS) is 10.9. The number of aryl methyl sites for hydroxylation is 4. The summed E-state index contributed by atoms with van der Waals surface area (Å²) < 4.78 is 3.28. The van der Waals surface area contributed by atoms with Crippen molar-refractivity contribution in [3.05, 3.63) is 110 Å². The van der Waals surface area contributed by atoms with Gasteiger partial charge >= 0.3 is 0 Å². The fourth-order valence-corrected chi connectivity index (χ4v) is 4.16. The molecule has 0 unspecified atom stereocenters. The molecule has 7 heteroatoms. The molecule has 36 heavy (non-hydrogen) atoms. The minimum absolute atomic E-state index is 0.0256. The van der Waals surface area contributed by atoms with Gasteiger partial charge in [-0.25, -0.2) is 9.97 Å². The molecule has 0 spiro atoms. The van der Waals surface area contributed by atoms with E-state index in [0.29, 0.717) is 10.8 Å². The van der Waals surface area contributed by atoms with Crippen molar-refractivity contribution in [1.82, 2.24) is 24.1 Å². The van der Waals surface area contributed by atoms with Crippen molar-refractivity contribution in [1.29, 1.82) is 0 Å². The van der Waals surface area contributed by atoms with E-state index >= 15 is 0 Å². The molecule has 0 aliphatic carbocycles. The van der Waals surface area contributed by atoms with Crippen LogP contribution in [0.25, 0.3) is 21.8 Å². The van der Waals surface area contributed by atoms with Crippen molar-refractivity contribution in [2.24, 2.45) is 14.1 Å². The summed E-state index contributed by atoms with van der Waals surface area (Å²) in [5.74, 6) is 1.66. The molecular formula is C29H31N5O2. The lowest BCUT2D eigenvalue weighted by atomic mass is 10.1. The lowest BCUT2D eigenvalue weighted by Crippen LogP contribution is -2.22. The Hall–Kier alpha value is -4.13. The Bertz CT molecular complexity index is 1620. The molecule has 2 aromatic carbocycles. The molecule has 0 aliphatic heterocycles. The van der Waals surface area contributed by atoms with Crippen LogP contribution >= 0.6 is 0 Å². The van der Waals surface area contributed by atoms with Crippen molar-refractivity contribution in [2.45, 2.75) is 39.5 Å². The predicted molar refractivity (Wildman–Crippen MR) is 144 cm³/mol. The number of rotatable bonds is 5. The fourth-order valence-electron chi connectivity index (χ4n) is 4.16. The first-order valence-electron chi connectivity index (χ1n) is 12.2. The standard InChI is InChI=1S/C18H19N3O.C11H12N2O/c1-13-10-11-14(12-19-13)6-5-9-17-20-16-8-4-3-7-15(16)18(22)21(17)2;1-3-10-12-9-7-5-4-6-8(9)11(14)13(10)2/h3-4,7-8,10-12H,5-6,9H2,1-2H3;4-7H,3H2,1-2H3. The van der Waals surface area contributed by atoms with Gasteiger partial charge in [0.05, 0.1) is 21.8 Å². The molecule has 3 heterocycles. The van der Waals surface area contributed by atoms with Gasteiger partial charge in [-0.3, -0.25) is 23.7 Å². The van der Waals surface area contributed by atoms with E-state index in [0.717, 1.165) is 54.1 Å². The first-order chi connectivity index (χ1) is 17.4. The summed E-state index contributed by atoms with van der Waals surface area (Å²) in [5.41, 5.74) is 3.87. The Kier molecular flexibility index (Phi) is 7.68. The molecule has 0 saturated carbocycles. The van der Waals surface area contributed by atoms with E-state index in [2.05, 4.69) is 21.0 Å². The number of benzene rings is 2. The molecule has 5 rings (SSSR count). The molecule has 0 N–H and O–H groups in total. The summed E-state index contributed by atoms with van der Waals surface area (Å²) >= 11 is 0. The van der Waals surface area contributed by atoms with E-state index < -0.39 is 0 Å². The maximum absolute atomic E-state index is 12.3. The summed E-state index contributed by atoms with van der Waals surface area (Å²) in [4.78, 5) is 37.5. The van der Waals surface area contributed by atoms with E-state index in [1.165, 1.54) is 5.56 Å². The van der Waals surface area contributed by atoms with E-state index in [-0.39, 0.29) is 11.1 Å². The first kappa shape index (κ1) is 25.0. The van der Waals surface area contributed by atoms with Gasteiger partial charge in [0.1, 0.15) is 11.6 Å². The first-order valence-corrected chi connectivity index (χ1v) is 12.2. The zero-order valence-corrected chi connectivity index (χ0v) is 21.2. The van der Waals surface area contributed by atoms with Crippen LogP contribution in [0.15, 0.2) is 76.4 Å². The average Bonchev–Trinajstić information content (AvgIpc) is 2.90. The molecule has 0 aliphatic rings. The van der Waals surface area contributed by atoms with Gasteiger partial charge in [0.25, 0.3) is 11.1 Å². The molecule has 5 aromatic rings. The van der Waals surface area contributed by atoms with Crippen molar-refractivity contribution in [2.75, 3.05) is 0 Å². The second kappa shape index (κ2) is 11.1. The number of fused-ring (bicyclic) bond motifs is 2. The van der Waals surface area contributed by atoms with Crippen LogP contribution in [0.3, 0.4) is 0 Å². The highest BCUT2D eigenvalue weighted by Crippen LogP contribution is 2.10. The second-order valence-corrected chi connectivity index (χ2v) is 8.83. The summed E-state index contributed by atoms with van der Waals surface area (Å²) in [6.45, 7) is 3.98. The maximum atomic E-state index is 12.3. The van der Waals surface area contributed by atoms with Crippen LogP contribution in [0.2, 0.25) is 0 Å². The van der Waals surface area contributed by atoms with Gasteiger partial charge in [0.2, 0.25) is 0 Å². The van der Waals surface area contributed by atoms with Gasteiger partial charge in [-0.15, -0.1) is 0 Å². The zero-order valence-electron chi connectivity index (χ0n) is 21.2. The van der Waals surface area contributed by atoms with Gasteiger partial charge in [-0.2, -0.15) is 0 Å². The molecule has 0 fully saturated rings. The van der Waals surface area contributed by atoms with Gasteiger partial charge in [-0.1, -0.05) is 37.3 Å². The van der Waals surface area contributed by atoms with Crippen LogP contribution in [0.5, 0.6) is 0 Å². The molecule has 184 valence electrons. The smallest absolute Gasteiger partial charge is 0.261 e. The molecular weight excluding hydrogens is 450 g/mol. The fraction of sp³-hybridized carbons (Fsp3) is 0.276. The highest BCUT2D eigenvalue weighted by Gasteiger charge is 2.08. The minimum atomic E-state index is 0.0256. The topological polar surface area (TPSA) is 82.7 Å². The predicted octanol–water partition coefficient (Wildman–Crippen LogP) is 4.31. The molecule has 0 bridgehead atoms. The van der Waals surface area contributed by atoms with Crippen LogP contribution in [0.4, 0.5) is 0 Å². The number of hydrogen-bond acceptors (Lipinski definition) is 5. The second-order valence-electron chi connectivity index (χ2n) is 8.83. The largest absolute Gasteiger partial charge is 0.299 e. The van der Waals surface area contributed by atoms with Crippen molar-refractivity contribution in [3.8, 4) is 0 Å². The number of pyridine rings is 1. The number of hydrogen-bond donors (Lipinski definition) is 0. The average molecular weight is 482 g/mol. The lowest BCUT2D eigenvalue weighted by Gasteiger charge is -2.09. The number of para-hydroxylation sites is 2. The Morgan fingerprint density at radius 2 is 1.28 bits per heavy atom. The molecule has 3 aromatic heterocycles. The van der Waals surface area contributed by atoms with Gasteiger partial charge in [0.15, 0.2) is 0 Å². The third kappa shape index (κ3) is 5.40. The molecule has 0 amide bonds. The third-order valence-corrected chi connectivity index (χ3v) is 6.31. The summed E-state index contributed by atoms with van der Waals surface area (Å²) in [6.07, 6.45) is 5.36. The van der Waals surface area contributed by atoms with Gasteiger partial charge in [0, 0.05) is 38.8 Å². The van der Waals surface area contributed by atoms with Crippen LogP contribution in [-0.2, 0) is 33.4 Å². The van der Waals surface area contributed by atoms with Crippen LogP contribution in [0.1, 0.15) is 36.3 Å².